The van der Waals surface area contributed by atoms with Crippen molar-refractivity contribution in [2.75, 3.05) is 7.11 Å². The molecule has 0 aromatic heterocycles. The average molecular weight is 266 g/mol. The Kier molecular flexibility index (Phi) is 3.33. The van der Waals surface area contributed by atoms with Gasteiger partial charge in [-0.1, -0.05) is 18.2 Å². The van der Waals surface area contributed by atoms with E-state index in [9.17, 15) is 0 Å². The molecule has 0 atom stereocenters. The smallest absolute Gasteiger partial charge is 0.321 e. The van der Waals surface area contributed by atoms with Crippen LogP contribution in [0.25, 0.3) is 0 Å². The molecule has 0 N–H and O–H groups in total. The standard InChI is InChI=1S/C13H22O2Si2/c1-14-17(4,5)15-16(2,3)13-9-8-11-6-7-12(11)10-13/h8-10H,6-7H2,1-5H3. The van der Waals surface area contributed by atoms with Crippen molar-refractivity contribution in [3.05, 3.63) is 29.3 Å². The Morgan fingerprint density at radius 1 is 1.00 bits per heavy atom. The summed E-state index contributed by atoms with van der Waals surface area (Å²) in [5, 5.41) is 1.40. The maximum absolute atomic E-state index is 6.34. The lowest BCUT2D eigenvalue weighted by Gasteiger charge is -2.33. The molecule has 0 fully saturated rings. The summed E-state index contributed by atoms with van der Waals surface area (Å²) in [6.07, 6.45) is 2.48. The van der Waals surface area contributed by atoms with Crippen molar-refractivity contribution >= 4 is 22.1 Å². The van der Waals surface area contributed by atoms with E-state index in [1.165, 1.54) is 29.2 Å². The molecule has 2 rings (SSSR count). The van der Waals surface area contributed by atoms with Gasteiger partial charge in [-0.15, -0.1) is 0 Å². The van der Waals surface area contributed by atoms with Crippen LogP contribution in [0.4, 0.5) is 0 Å². The lowest BCUT2D eigenvalue weighted by molar-refractivity contribution is 0.313. The molecule has 0 amide bonds. The summed E-state index contributed by atoms with van der Waals surface area (Å²) in [6, 6.07) is 6.88. The molecule has 1 aromatic carbocycles. The minimum absolute atomic E-state index is 1.23. The van der Waals surface area contributed by atoms with Gasteiger partial charge in [-0.25, -0.2) is 0 Å². The van der Waals surface area contributed by atoms with Gasteiger partial charge in [0.05, 0.1) is 0 Å². The summed E-state index contributed by atoms with van der Waals surface area (Å²) < 4.78 is 11.8. The zero-order valence-electron chi connectivity index (χ0n) is 11.5. The van der Waals surface area contributed by atoms with E-state index >= 15 is 0 Å². The van der Waals surface area contributed by atoms with Crippen LogP contribution in [0, 0.1) is 0 Å². The lowest BCUT2D eigenvalue weighted by atomic mass is 9.89. The van der Waals surface area contributed by atoms with E-state index < -0.39 is 16.9 Å². The largest absolute Gasteiger partial charge is 0.432 e. The van der Waals surface area contributed by atoms with Gasteiger partial charge in [-0.3, -0.25) is 0 Å². The fourth-order valence-corrected chi connectivity index (χ4v) is 9.01. The molecule has 0 unspecified atom stereocenters. The van der Waals surface area contributed by atoms with Crippen LogP contribution in [0.15, 0.2) is 18.2 Å². The molecule has 0 heterocycles. The lowest BCUT2D eigenvalue weighted by Crippen LogP contribution is -2.53. The summed E-state index contributed by atoms with van der Waals surface area (Å²) in [7, 11) is -2.01. The third kappa shape index (κ3) is 2.70. The molecule has 1 aliphatic carbocycles. The van der Waals surface area contributed by atoms with E-state index in [4.69, 9.17) is 8.54 Å². The molecular formula is C13H22O2Si2. The molecule has 0 saturated heterocycles. The van der Waals surface area contributed by atoms with Gasteiger partial charge in [0.15, 0.2) is 0 Å². The molecule has 1 aliphatic rings. The SMILES string of the molecule is CO[Si](C)(C)O[Si](C)(C)c1ccc2c(c1)CC2. The van der Waals surface area contributed by atoms with Crippen molar-refractivity contribution in [2.24, 2.45) is 0 Å². The van der Waals surface area contributed by atoms with Crippen molar-refractivity contribution in [1.29, 1.82) is 0 Å². The molecule has 1 aromatic rings. The molecule has 94 valence electrons. The Hall–Kier alpha value is -0.426. The highest BCUT2D eigenvalue weighted by Gasteiger charge is 2.35. The second-order valence-electron chi connectivity index (χ2n) is 5.70. The van der Waals surface area contributed by atoms with Gasteiger partial charge in [0.1, 0.15) is 0 Å². The summed E-state index contributed by atoms with van der Waals surface area (Å²) >= 11 is 0. The second kappa shape index (κ2) is 4.35. The van der Waals surface area contributed by atoms with E-state index in [2.05, 4.69) is 44.4 Å². The molecule has 0 spiro atoms. The molecule has 0 saturated carbocycles. The first-order valence-electron chi connectivity index (χ1n) is 6.22. The zero-order chi connectivity index (χ0) is 12.7. The first-order valence-corrected chi connectivity index (χ1v) is 11.9. The molecular weight excluding hydrogens is 244 g/mol. The number of hydrogen-bond acceptors (Lipinski definition) is 2. The molecule has 0 aliphatic heterocycles. The minimum Gasteiger partial charge on any atom is -0.432 e. The van der Waals surface area contributed by atoms with Crippen LogP contribution < -0.4 is 5.19 Å². The van der Waals surface area contributed by atoms with Gasteiger partial charge in [0.2, 0.25) is 8.32 Å². The van der Waals surface area contributed by atoms with Crippen LogP contribution in [-0.4, -0.2) is 24.0 Å². The predicted molar refractivity (Wildman–Crippen MR) is 76.5 cm³/mol. The van der Waals surface area contributed by atoms with Crippen LogP contribution in [0.2, 0.25) is 26.2 Å². The molecule has 4 heteroatoms. The van der Waals surface area contributed by atoms with Crippen molar-refractivity contribution in [3.63, 3.8) is 0 Å². The van der Waals surface area contributed by atoms with Crippen molar-refractivity contribution in [3.8, 4) is 0 Å². The maximum Gasteiger partial charge on any atom is 0.321 e. The number of hydrogen-bond donors (Lipinski definition) is 0. The number of aryl methyl sites for hydroxylation is 2. The van der Waals surface area contributed by atoms with Gasteiger partial charge >= 0.3 is 8.56 Å². The highest BCUT2D eigenvalue weighted by atomic mass is 28.4. The van der Waals surface area contributed by atoms with Gasteiger partial charge < -0.3 is 8.54 Å². The first-order chi connectivity index (χ1) is 7.84. The number of fused-ring (bicyclic) bond motifs is 1. The monoisotopic (exact) mass is 266 g/mol. The third-order valence-corrected chi connectivity index (χ3v) is 10.2. The maximum atomic E-state index is 6.34. The topological polar surface area (TPSA) is 18.5 Å². The van der Waals surface area contributed by atoms with Crippen LogP contribution in [0.1, 0.15) is 11.1 Å². The Morgan fingerprint density at radius 3 is 2.12 bits per heavy atom. The van der Waals surface area contributed by atoms with Crippen molar-refractivity contribution in [2.45, 2.75) is 39.0 Å². The van der Waals surface area contributed by atoms with E-state index in [1.54, 1.807) is 7.11 Å². The highest BCUT2D eigenvalue weighted by molar-refractivity contribution is 6.90. The quantitative estimate of drug-likeness (QED) is 0.780. The predicted octanol–water partition coefficient (Wildman–Crippen LogP) is 2.56. The Balaban J connectivity index is 2.22. The molecule has 0 bridgehead atoms. The minimum atomic E-state index is -1.95. The van der Waals surface area contributed by atoms with Gasteiger partial charge in [-0.2, -0.15) is 0 Å². The third-order valence-electron chi connectivity index (χ3n) is 3.56. The van der Waals surface area contributed by atoms with Gasteiger partial charge in [0.25, 0.3) is 0 Å². The number of rotatable bonds is 4. The Labute approximate surface area is 106 Å². The van der Waals surface area contributed by atoms with Gasteiger partial charge in [-0.05, 0) is 55.3 Å². The fraction of sp³-hybridized carbons (Fsp3) is 0.538. The summed E-state index contributed by atoms with van der Waals surface area (Å²) in [5.74, 6) is 0. The summed E-state index contributed by atoms with van der Waals surface area (Å²) in [5.41, 5.74) is 3.03. The second-order valence-corrected chi connectivity index (χ2v) is 13.3. The first kappa shape index (κ1) is 13.0. The average Bonchev–Trinajstić information content (AvgIpc) is 2.18. The zero-order valence-corrected chi connectivity index (χ0v) is 13.5. The summed E-state index contributed by atoms with van der Waals surface area (Å²) in [6.45, 7) is 8.76. The number of benzene rings is 1. The van der Waals surface area contributed by atoms with Gasteiger partial charge in [0, 0.05) is 7.11 Å². The molecule has 17 heavy (non-hydrogen) atoms. The van der Waals surface area contributed by atoms with Crippen LogP contribution in [0.3, 0.4) is 0 Å². The van der Waals surface area contributed by atoms with Crippen LogP contribution in [0.5, 0.6) is 0 Å². The Morgan fingerprint density at radius 2 is 1.65 bits per heavy atom. The van der Waals surface area contributed by atoms with Crippen LogP contribution >= 0.6 is 0 Å². The normalized spacial score (nSPS) is 15.4. The molecule has 0 radical (unpaired) electrons. The van der Waals surface area contributed by atoms with Crippen molar-refractivity contribution in [1.82, 2.24) is 0 Å². The summed E-state index contributed by atoms with van der Waals surface area (Å²) in [4.78, 5) is 0. The van der Waals surface area contributed by atoms with Crippen molar-refractivity contribution < 1.29 is 8.54 Å². The van der Waals surface area contributed by atoms with E-state index in [-0.39, 0.29) is 0 Å². The fourth-order valence-electron chi connectivity index (χ4n) is 2.28. The highest BCUT2D eigenvalue weighted by Crippen LogP contribution is 2.23. The van der Waals surface area contributed by atoms with E-state index in [0.29, 0.717) is 0 Å². The van der Waals surface area contributed by atoms with Crippen LogP contribution in [-0.2, 0) is 21.4 Å². The molecule has 2 nitrogen and oxygen atoms in total. The van der Waals surface area contributed by atoms with E-state index in [0.717, 1.165) is 0 Å². The Bertz CT molecular complexity index is 427. The van der Waals surface area contributed by atoms with E-state index in [1.807, 2.05) is 0 Å².